The highest BCUT2D eigenvalue weighted by atomic mass is 32.2. The van der Waals surface area contributed by atoms with E-state index in [0.717, 1.165) is 12.8 Å². The van der Waals surface area contributed by atoms with Crippen LogP contribution in [0.2, 0.25) is 0 Å². The lowest BCUT2D eigenvalue weighted by Crippen LogP contribution is -2.44. The molecule has 1 aromatic carbocycles. The Balaban J connectivity index is 3.00. The molecule has 21 heavy (non-hydrogen) atoms. The first-order valence-electron chi connectivity index (χ1n) is 7.27. The molecule has 5 nitrogen and oxygen atoms in total. The topological polar surface area (TPSA) is 81.4 Å². The SMILES string of the molecule is CCC(N)(CC)COc1ccccc1S(=O)(=O)NC(C)C. The van der Waals surface area contributed by atoms with Gasteiger partial charge in [0.05, 0.1) is 0 Å². The predicted molar refractivity (Wildman–Crippen MR) is 84.9 cm³/mol. The van der Waals surface area contributed by atoms with Gasteiger partial charge in [0.2, 0.25) is 10.0 Å². The molecule has 0 heterocycles. The number of para-hydroxylation sites is 1. The van der Waals surface area contributed by atoms with Crippen molar-refractivity contribution in [1.29, 1.82) is 0 Å². The van der Waals surface area contributed by atoms with Crippen molar-refractivity contribution in [3.05, 3.63) is 24.3 Å². The highest BCUT2D eigenvalue weighted by molar-refractivity contribution is 7.89. The third-order valence-corrected chi connectivity index (χ3v) is 5.15. The van der Waals surface area contributed by atoms with E-state index in [4.69, 9.17) is 10.5 Å². The molecule has 0 saturated heterocycles. The summed E-state index contributed by atoms with van der Waals surface area (Å²) in [5, 5.41) is 0. The lowest BCUT2D eigenvalue weighted by atomic mass is 9.96. The van der Waals surface area contributed by atoms with E-state index < -0.39 is 15.6 Å². The highest BCUT2D eigenvalue weighted by Gasteiger charge is 2.24. The molecular weight excluding hydrogens is 288 g/mol. The summed E-state index contributed by atoms with van der Waals surface area (Å²) in [5.41, 5.74) is 5.75. The molecule has 0 aromatic heterocycles. The zero-order valence-corrected chi connectivity index (χ0v) is 14.0. The number of nitrogens with two attached hydrogens (primary N) is 1. The lowest BCUT2D eigenvalue weighted by Gasteiger charge is -2.27. The van der Waals surface area contributed by atoms with Crippen molar-refractivity contribution < 1.29 is 13.2 Å². The van der Waals surface area contributed by atoms with Gasteiger partial charge in [-0.15, -0.1) is 0 Å². The van der Waals surface area contributed by atoms with Crippen molar-refractivity contribution in [2.75, 3.05) is 6.61 Å². The second-order valence-corrected chi connectivity index (χ2v) is 7.26. The second kappa shape index (κ2) is 7.24. The van der Waals surface area contributed by atoms with E-state index in [1.54, 1.807) is 32.0 Å². The molecule has 0 spiro atoms. The maximum absolute atomic E-state index is 12.3. The molecule has 0 aliphatic carbocycles. The van der Waals surface area contributed by atoms with E-state index >= 15 is 0 Å². The normalized spacial score (nSPS) is 12.7. The van der Waals surface area contributed by atoms with Crippen molar-refractivity contribution in [2.24, 2.45) is 5.73 Å². The van der Waals surface area contributed by atoms with E-state index in [9.17, 15) is 8.42 Å². The Kier molecular flexibility index (Phi) is 6.19. The molecule has 0 aliphatic rings. The van der Waals surface area contributed by atoms with Crippen LogP contribution in [0, 0.1) is 0 Å². The molecule has 0 atom stereocenters. The van der Waals surface area contributed by atoms with Crippen molar-refractivity contribution in [1.82, 2.24) is 4.72 Å². The standard InChI is InChI=1S/C15H26N2O3S/c1-5-15(16,6-2)11-20-13-9-7-8-10-14(13)21(18,19)17-12(3)4/h7-10,12,17H,5-6,11,16H2,1-4H3. The largest absolute Gasteiger partial charge is 0.490 e. The minimum absolute atomic E-state index is 0.147. The third kappa shape index (κ3) is 4.98. The summed E-state index contributed by atoms with van der Waals surface area (Å²) in [7, 11) is -3.59. The van der Waals surface area contributed by atoms with Crippen molar-refractivity contribution in [3.63, 3.8) is 0 Å². The molecule has 0 bridgehead atoms. The molecule has 0 radical (unpaired) electrons. The van der Waals surface area contributed by atoms with Gasteiger partial charge in [0.25, 0.3) is 0 Å². The van der Waals surface area contributed by atoms with Gasteiger partial charge in [-0.2, -0.15) is 0 Å². The van der Waals surface area contributed by atoms with Crippen LogP contribution >= 0.6 is 0 Å². The minimum Gasteiger partial charge on any atom is -0.490 e. The summed E-state index contributed by atoms with van der Waals surface area (Å²) >= 11 is 0. The van der Waals surface area contributed by atoms with Gasteiger partial charge in [-0.1, -0.05) is 26.0 Å². The summed E-state index contributed by atoms with van der Waals surface area (Å²) in [5.74, 6) is 0.336. The smallest absolute Gasteiger partial charge is 0.244 e. The number of rotatable bonds is 8. The summed E-state index contributed by atoms with van der Waals surface area (Å²) in [6, 6.07) is 6.44. The van der Waals surface area contributed by atoms with Gasteiger partial charge in [-0.3, -0.25) is 0 Å². The lowest BCUT2D eigenvalue weighted by molar-refractivity contribution is 0.203. The molecule has 0 unspecified atom stereocenters. The molecule has 0 fully saturated rings. The monoisotopic (exact) mass is 314 g/mol. The number of benzene rings is 1. The molecule has 1 rings (SSSR count). The van der Waals surface area contributed by atoms with Crippen LogP contribution < -0.4 is 15.2 Å². The fourth-order valence-corrected chi connectivity index (χ4v) is 3.24. The van der Waals surface area contributed by atoms with Crippen LogP contribution in [0.1, 0.15) is 40.5 Å². The van der Waals surface area contributed by atoms with Crippen molar-refractivity contribution in [3.8, 4) is 5.75 Å². The quantitative estimate of drug-likeness (QED) is 0.771. The Hall–Kier alpha value is -1.11. The van der Waals surface area contributed by atoms with Crippen LogP contribution in [0.25, 0.3) is 0 Å². The van der Waals surface area contributed by atoms with E-state index in [1.165, 1.54) is 6.07 Å². The Labute approximate surface area is 127 Å². The molecule has 0 aliphatic heterocycles. The van der Waals surface area contributed by atoms with Crippen LogP contribution in [0.5, 0.6) is 5.75 Å². The van der Waals surface area contributed by atoms with Crippen LogP contribution in [0.3, 0.4) is 0 Å². The Morgan fingerprint density at radius 2 is 1.81 bits per heavy atom. The number of hydrogen-bond acceptors (Lipinski definition) is 4. The zero-order chi connectivity index (χ0) is 16.1. The number of ether oxygens (including phenoxy) is 1. The van der Waals surface area contributed by atoms with Crippen LogP contribution in [-0.4, -0.2) is 26.6 Å². The van der Waals surface area contributed by atoms with Crippen LogP contribution in [-0.2, 0) is 10.0 Å². The summed E-state index contributed by atoms with van der Waals surface area (Å²) in [4.78, 5) is 0.147. The first kappa shape index (κ1) is 17.9. The Morgan fingerprint density at radius 1 is 1.24 bits per heavy atom. The second-order valence-electron chi connectivity index (χ2n) is 5.58. The zero-order valence-electron chi connectivity index (χ0n) is 13.2. The van der Waals surface area contributed by atoms with Gasteiger partial charge < -0.3 is 10.5 Å². The van der Waals surface area contributed by atoms with Gasteiger partial charge in [-0.05, 0) is 38.8 Å². The fraction of sp³-hybridized carbons (Fsp3) is 0.600. The fourth-order valence-electron chi connectivity index (χ4n) is 1.84. The average molecular weight is 314 g/mol. The van der Waals surface area contributed by atoms with Crippen molar-refractivity contribution >= 4 is 10.0 Å². The van der Waals surface area contributed by atoms with Gasteiger partial charge in [-0.25, -0.2) is 13.1 Å². The molecule has 0 amide bonds. The molecular formula is C15H26N2O3S. The molecule has 3 N–H and O–H groups in total. The third-order valence-electron chi connectivity index (χ3n) is 3.45. The predicted octanol–water partition coefficient (Wildman–Crippen LogP) is 2.27. The van der Waals surface area contributed by atoms with E-state index in [2.05, 4.69) is 4.72 Å². The van der Waals surface area contributed by atoms with Gasteiger partial charge in [0.1, 0.15) is 17.3 Å². The Bertz CT molecular complexity index is 552. The number of hydrogen-bond donors (Lipinski definition) is 2. The molecule has 0 saturated carbocycles. The van der Waals surface area contributed by atoms with Crippen LogP contribution in [0.4, 0.5) is 0 Å². The van der Waals surface area contributed by atoms with E-state index in [1.807, 2.05) is 13.8 Å². The van der Waals surface area contributed by atoms with E-state index in [-0.39, 0.29) is 17.5 Å². The molecule has 6 heteroatoms. The molecule has 1 aromatic rings. The van der Waals surface area contributed by atoms with Gasteiger partial charge in [0, 0.05) is 11.6 Å². The van der Waals surface area contributed by atoms with E-state index in [0.29, 0.717) is 5.75 Å². The van der Waals surface area contributed by atoms with Crippen molar-refractivity contribution in [2.45, 2.75) is 57.0 Å². The van der Waals surface area contributed by atoms with Gasteiger partial charge >= 0.3 is 0 Å². The molecule has 120 valence electrons. The summed E-state index contributed by atoms with van der Waals surface area (Å²) < 4.78 is 32.9. The first-order valence-corrected chi connectivity index (χ1v) is 8.75. The summed E-state index contributed by atoms with van der Waals surface area (Å²) in [6.07, 6.45) is 1.53. The maximum atomic E-state index is 12.3. The minimum atomic E-state index is -3.59. The number of nitrogens with one attached hydrogen (secondary N) is 1. The highest BCUT2D eigenvalue weighted by Crippen LogP contribution is 2.25. The van der Waals surface area contributed by atoms with Crippen LogP contribution in [0.15, 0.2) is 29.2 Å². The maximum Gasteiger partial charge on any atom is 0.244 e. The average Bonchev–Trinajstić information content (AvgIpc) is 2.43. The first-order chi connectivity index (χ1) is 9.74. The summed E-state index contributed by atoms with van der Waals surface area (Å²) in [6.45, 7) is 7.83. The van der Waals surface area contributed by atoms with Gasteiger partial charge in [0.15, 0.2) is 0 Å². The Morgan fingerprint density at radius 3 is 2.33 bits per heavy atom. The number of sulfonamides is 1.